The molecule has 1 amide bonds. The molecule has 0 N–H and O–H groups in total. The highest BCUT2D eigenvalue weighted by Gasteiger charge is 2.43. The minimum absolute atomic E-state index is 0.121. The Hall–Kier alpha value is -2.43. The molecule has 1 aromatic heterocycles. The molecule has 1 saturated heterocycles. The van der Waals surface area contributed by atoms with Gasteiger partial charge in [0.15, 0.2) is 0 Å². The first kappa shape index (κ1) is 14.2. The maximum Gasteiger partial charge on any atom is 0.254 e. The van der Waals surface area contributed by atoms with Gasteiger partial charge in [-0.2, -0.15) is 0 Å². The molecular weight excluding hydrogens is 288 g/mol. The van der Waals surface area contributed by atoms with Gasteiger partial charge in [0, 0.05) is 49.6 Å². The summed E-state index contributed by atoms with van der Waals surface area (Å²) >= 11 is 0. The summed E-state index contributed by atoms with van der Waals surface area (Å²) in [5.74, 6) is 0.121. The van der Waals surface area contributed by atoms with E-state index in [0.29, 0.717) is 0 Å². The van der Waals surface area contributed by atoms with E-state index < -0.39 is 0 Å². The molecular formula is C18H20N4O. The smallest absolute Gasteiger partial charge is 0.254 e. The molecule has 118 valence electrons. The third kappa shape index (κ3) is 2.27. The minimum Gasteiger partial charge on any atom is -0.378 e. The molecule has 5 nitrogen and oxygen atoms in total. The van der Waals surface area contributed by atoms with Crippen molar-refractivity contribution < 1.29 is 4.79 Å². The topological polar surface area (TPSA) is 49.3 Å². The molecule has 0 unspecified atom stereocenters. The summed E-state index contributed by atoms with van der Waals surface area (Å²) in [5.41, 5.74) is 4.04. The number of anilines is 1. The molecule has 2 aliphatic rings. The Balaban J connectivity index is 1.69. The SMILES string of the molecule is CN(C)c1cccc(C(=O)N2[C@H]3CC[C@H]2c2cncnc2C3)c1. The molecule has 0 spiro atoms. The number of hydrogen-bond donors (Lipinski definition) is 0. The van der Waals surface area contributed by atoms with Crippen molar-refractivity contribution in [3.63, 3.8) is 0 Å². The summed E-state index contributed by atoms with van der Waals surface area (Å²) in [6.45, 7) is 0. The molecule has 23 heavy (non-hydrogen) atoms. The van der Waals surface area contributed by atoms with Gasteiger partial charge in [-0.05, 0) is 31.0 Å². The molecule has 2 bridgehead atoms. The van der Waals surface area contributed by atoms with Gasteiger partial charge >= 0.3 is 0 Å². The lowest BCUT2D eigenvalue weighted by atomic mass is 9.98. The van der Waals surface area contributed by atoms with E-state index in [1.807, 2.05) is 49.5 Å². The summed E-state index contributed by atoms with van der Waals surface area (Å²) in [4.78, 5) is 25.8. The lowest BCUT2D eigenvalue weighted by Gasteiger charge is -2.35. The Morgan fingerprint density at radius 1 is 1.30 bits per heavy atom. The van der Waals surface area contributed by atoms with Crippen LogP contribution in [0.15, 0.2) is 36.8 Å². The number of fused-ring (bicyclic) bond motifs is 4. The molecule has 1 aromatic carbocycles. The first-order chi connectivity index (χ1) is 11.1. The van der Waals surface area contributed by atoms with Crippen LogP contribution in [0.5, 0.6) is 0 Å². The first-order valence-electron chi connectivity index (χ1n) is 8.04. The van der Waals surface area contributed by atoms with Crippen LogP contribution in [0.1, 0.15) is 40.5 Å². The van der Waals surface area contributed by atoms with E-state index in [1.165, 1.54) is 0 Å². The Morgan fingerprint density at radius 2 is 2.17 bits per heavy atom. The number of carbonyl (C=O) groups excluding carboxylic acids is 1. The molecule has 0 aliphatic carbocycles. The zero-order valence-electron chi connectivity index (χ0n) is 13.4. The van der Waals surface area contributed by atoms with Gasteiger partial charge in [-0.1, -0.05) is 6.07 Å². The highest BCUT2D eigenvalue weighted by molar-refractivity contribution is 5.96. The second-order valence-corrected chi connectivity index (χ2v) is 6.53. The lowest BCUT2D eigenvalue weighted by molar-refractivity contribution is 0.0644. The van der Waals surface area contributed by atoms with Crippen molar-refractivity contribution in [1.29, 1.82) is 0 Å². The molecule has 2 atom stereocenters. The van der Waals surface area contributed by atoms with Crippen LogP contribution in [0.3, 0.4) is 0 Å². The van der Waals surface area contributed by atoms with E-state index >= 15 is 0 Å². The van der Waals surface area contributed by atoms with E-state index in [4.69, 9.17) is 0 Å². The van der Waals surface area contributed by atoms with Gasteiger partial charge in [0.2, 0.25) is 0 Å². The van der Waals surface area contributed by atoms with E-state index in [-0.39, 0.29) is 18.0 Å². The molecule has 0 saturated carbocycles. The largest absolute Gasteiger partial charge is 0.378 e. The van der Waals surface area contributed by atoms with Gasteiger partial charge in [-0.3, -0.25) is 4.79 Å². The van der Waals surface area contributed by atoms with Crippen molar-refractivity contribution in [2.45, 2.75) is 31.3 Å². The number of hydrogen-bond acceptors (Lipinski definition) is 4. The second-order valence-electron chi connectivity index (χ2n) is 6.53. The maximum absolute atomic E-state index is 13.1. The number of nitrogens with zero attached hydrogens (tertiary/aromatic N) is 4. The first-order valence-corrected chi connectivity index (χ1v) is 8.04. The third-order valence-electron chi connectivity index (χ3n) is 4.96. The Bertz CT molecular complexity index is 758. The van der Waals surface area contributed by atoms with Crippen LogP contribution in [0.4, 0.5) is 5.69 Å². The number of rotatable bonds is 2. The summed E-state index contributed by atoms with van der Waals surface area (Å²) in [7, 11) is 3.98. The average Bonchev–Trinajstić information content (AvgIpc) is 2.89. The fourth-order valence-electron chi connectivity index (χ4n) is 3.80. The van der Waals surface area contributed by atoms with Crippen molar-refractivity contribution in [3.8, 4) is 0 Å². The summed E-state index contributed by atoms with van der Waals surface area (Å²) in [6.07, 6.45) is 6.37. The Labute approximate surface area is 136 Å². The fourth-order valence-corrected chi connectivity index (χ4v) is 3.80. The van der Waals surface area contributed by atoms with Gasteiger partial charge in [0.05, 0.1) is 11.7 Å². The second kappa shape index (κ2) is 5.33. The molecule has 5 heteroatoms. The summed E-state index contributed by atoms with van der Waals surface area (Å²) in [6, 6.07) is 8.24. The summed E-state index contributed by atoms with van der Waals surface area (Å²) in [5, 5.41) is 0. The number of aromatic nitrogens is 2. The standard InChI is InChI=1S/C18H20N4O/c1-21(2)13-5-3-4-12(8-13)18(23)22-14-6-7-17(22)15-10-19-11-20-16(15)9-14/h3-5,8,10-11,14,17H,6-7,9H2,1-2H3/t14-,17-/m0/s1. The van der Waals surface area contributed by atoms with Crippen LogP contribution in [-0.2, 0) is 6.42 Å². The number of carbonyl (C=O) groups is 1. The van der Waals surface area contributed by atoms with Crippen molar-refractivity contribution in [2.24, 2.45) is 0 Å². The van der Waals surface area contributed by atoms with Crippen LogP contribution in [0, 0.1) is 0 Å². The number of benzene rings is 1. The van der Waals surface area contributed by atoms with E-state index in [0.717, 1.165) is 41.8 Å². The van der Waals surface area contributed by atoms with Crippen molar-refractivity contribution >= 4 is 11.6 Å². The van der Waals surface area contributed by atoms with Gasteiger partial charge < -0.3 is 9.80 Å². The minimum atomic E-state index is 0.121. The van der Waals surface area contributed by atoms with Crippen LogP contribution in [0.25, 0.3) is 0 Å². The van der Waals surface area contributed by atoms with Crippen LogP contribution < -0.4 is 4.90 Å². The maximum atomic E-state index is 13.1. The Kier molecular flexibility index (Phi) is 3.29. The van der Waals surface area contributed by atoms with Gasteiger partial charge in [-0.25, -0.2) is 9.97 Å². The van der Waals surface area contributed by atoms with Gasteiger partial charge in [0.1, 0.15) is 6.33 Å². The van der Waals surface area contributed by atoms with Crippen molar-refractivity contribution in [2.75, 3.05) is 19.0 Å². The lowest BCUT2D eigenvalue weighted by Crippen LogP contribution is -2.42. The Morgan fingerprint density at radius 3 is 3.00 bits per heavy atom. The van der Waals surface area contributed by atoms with Crippen LogP contribution >= 0.6 is 0 Å². The van der Waals surface area contributed by atoms with E-state index in [1.54, 1.807) is 6.33 Å². The summed E-state index contributed by atoms with van der Waals surface area (Å²) < 4.78 is 0. The quantitative estimate of drug-likeness (QED) is 0.855. The highest BCUT2D eigenvalue weighted by Crippen LogP contribution is 2.43. The monoisotopic (exact) mass is 308 g/mol. The third-order valence-corrected chi connectivity index (χ3v) is 4.96. The fraction of sp³-hybridized carbons (Fsp3) is 0.389. The van der Waals surface area contributed by atoms with Crippen LogP contribution in [-0.4, -0.2) is 40.9 Å². The average molecular weight is 308 g/mol. The predicted octanol–water partition coefficient (Wildman–Crippen LogP) is 2.44. The van der Waals surface area contributed by atoms with E-state index in [2.05, 4.69) is 14.9 Å². The van der Waals surface area contributed by atoms with E-state index in [9.17, 15) is 4.79 Å². The number of amides is 1. The molecule has 4 rings (SSSR count). The van der Waals surface area contributed by atoms with Crippen molar-refractivity contribution in [3.05, 3.63) is 53.6 Å². The molecule has 3 heterocycles. The predicted molar refractivity (Wildman–Crippen MR) is 88.4 cm³/mol. The molecule has 0 radical (unpaired) electrons. The van der Waals surface area contributed by atoms with Crippen LogP contribution in [0.2, 0.25) is 0 Å². The van der Waals surface area contributed by atoms with Gasteiger partial charge in [-0.15, -0.1) is 0 Å². The zero-order valence-corrected chi connectivity index (χ0v) is 13.4. The zero-order chi connectivity index (χ0) is 16.0. The molecule has 2 aliphatic heterocycles. The molecule has 2 aromatic rings. The normalized spacial score (nSPS) is 21.9. The van der Waals surface area contributed by atoms with Crippen molar-refractivity contribution in [1.82, 2.24) is 14.9 Å². The molecule has 1 fully saturated rings. The van der Waals surface area contributed by atoms with Gasteiger partial charge in [0.25, 0.3) is 5.91 Å². The highest BCUT2D eigenvalue weighted by atomic mass is 16.2.